The van der Waals surface area contributed by atoms with Crippen LogP contribution in [0.4, 0.5) is 5.69 Å². The monoisotopic (exact) mass is 566 g/mol. The van der Waals surface area contributed by atoms with Crippen LogP contribution in [0.3, 0.4) is 0 Å². The van der Waals surface area contributed by atoms with Gasteiger partial charge in [0.05, 0.1) is 41.5 Å². The van der Waals surface area contributed by atoms with Gasteiger partial charge in [0.25, 0.3) is 11.5 Å². The molecule has 3 atom stereocenters. The van der Waals surface area contributed by atoms with Crippen LogP contribution in [0.15, 0.2) is 89.7 Å². The molecule has 2 amide bonds. The van der Waals surface area contributed by atoms with Crippen LogP contribution in [0.2, 0.25) is 0 Å². The third-order valence-electron chi connectivity index (χ3n) is 8.59. The van der Waals surface area contributed by atoms with Gasteiger partial charge in [-0.15, -0.1) is 0 Å². The van der Waals surface area contributed by atoms with Gasteiger partial charge in [-0.05, 0) is 48.7 Å². The van der Waals surface area contributed by atoms with Crippen LogP contribution in [-0.4, -0.2) is 55.9 Å². The second-order valence-electron chi connectivity index (χ2n) is 11.1. The predicted octanol–water partition coefficient (Wildman–Crippen LogP) is 3.62. The van der Waals surface area contributed by atoms with Crippen molar-refractivity contribution in [3.8, 4) is 5.69 Å². The number of aliphatic hydroxyl groups is 2. The molecule has 42 heavy (non-hydrogen) atoms. The molecule has 0 spiro atoms. The molecule has 3 heterocycles. The molecule has 0 unspecified atom stereocenters. The molecule has 6 rings (SSSR count). The van der Waals surface area contributed by atoms with E-state index < -0.39 is 17.4 Å². The van der Waals surface area contributed by atoms with Crippen molar-refractivity contribution >= 4 is 28.4 Å². The molecule has 1 saturated heterocycles. The Morgan fingerprint density at radius 2 is 1.81 bits per heavy atom. The highest BCUT2D eigenvalue weighted by atomic mass is 16.3. The number of aliphatic hydroxyl groups excluding tert-OH is 1. The Morgan fingerprint density at radius 3 is 2.57 bits per heavy atom. The first-order valence-corrected chi connectivity index (χ1v) is 14.3. The molecular weight excluding hydrogens is 532 g/mol. The molecule has 9 heteroatoms. The summed E-state index contributed by atoms with van der Waals surface area (Å²) in [5.74, 6) is -1.09. The Hall–Kier alpha value is -4.47. The highest BCUT2D eigenvalue weighted by molar-refractivity contribution is 6.07. The number of carbonyl (C=O) groups excluding carboxylic acids is 2. The van der Waals surface area contributed by atoms with Gasteiger partial charge in [0.15, 0.2) is 5.60 Å². The van der Waals surface area contributed by atoms with E-state index in [0.717, 1.165) is 23.9 Å². The zero-order valence-electron chi connectivity index (χ0n) is 23.4. The molecule has 0 aliphatic carbocycles. The molecule has 1 aromatic heterocycles. The van der Waals surface area contributed by atoms with Crippen molar-refractivity contribution in [1.82, 2.24) is 14.7 Å². The summed E-state index contributed by atoms with van der Waals surface area (Å²) in [7, 11) is 0. The quantitative estimate of drug-likeness (QED) is 0.282. The lowest BCUT2D eigenvalue weighted by Gasteiger charge is -2.28. The number of H-pyrrole nitrogens is 1. The summed E-state index contributed by atoms with van der Waals surface area (Å²) < 4.78 is 1.50. The van der Waals surface area contributed by atoms with Crippen molar-refractivity contribution in [1.29, 1.82) is 0 Å². The average Bonchev–Trinajstić information content (AvgIpc) is 3.69. The number of fused-ring (bicyclic) bond motifs is 2. The number of likely N-dealkylation sites (tertiary alicyclic amines) is 1. The number of anilines is 1. The average molecular weight is 567 g/mol. The molecule has 3 aromatic carbocycles. The summed E-state index contributed by atoms with van der Waals surface area (Å²) in [6, 6.07) is 21.8. The largest absolute Gasteiger partial charge is 0.394 e. The lowest BCUT2D eigenvalue weighted by atomic mass is 9.83. The van der Waals surface area contributed by atoms with Crippen LogP contribution >= 0.6 is 0 Å². The Kier molecular flexibility index (Phi) is 7.30. The third-order valence-corrected chi connectivity index (χ3v) is 8.59. The lowest BCUT2D eigenvalue weighted by Crippen LogP contribution is -2.44. The lowest BCUT2D eigenvalue weighted by molar-refractivity contribution is -0.139. The Labute approximate surface area is 243 Å². The van der Waals surface area contributed by atoms with Crippen LogP contribution in [0.5, 0.6) is 0 Å². The number of aromatic amines is 1. The van der Waals surface area contributed by atoms with Crippen molar-refractivity contribution in [2.75, 3.05) is 18.1 Å². The van der Waals surface area contributed by atoms with Gasteiger partial charge < -0.3 is 20.0 Å². The van der Waals surface area contributed by atoms with Crippen LogP contribution < -0.4 is 10.5 Å². The van der Waals surface area contributed by atoms with Crippen LogP contribution in [0.25, 0.3) is 16.6 Å². The summed E-state index contributed by atoms with van der Waals surface area (Å²) >= 11 is 0. The minimum absolute atomic E-state index is 0.0447. The van der Waals surface area contributed by atoms with Gasteiger partial charge in [0.2, 0.25) is 5.91 Å². The minimum Gasteiger partial charge on any atom is -0.394 e. The van der Waals surface area contributed by atoms with Crippen LogP contribution in [-0.2, 0) is 21.7 Å². The molecule has 9 nitrogen and oxygen atoms in total. The fourth-order valence-corrected chi connectivity index (χ4v) is 6.22. The van der Waals surface area contributed by atoms with Crippen LogP contribution in [0, 0.1) is 5.92 Å². The number of benzene rings is 3. The number of para-hydroxylation sites is 2. The first kappa shape index (κ1) is 27.7. The highest BCUT2D eigenvalue weighted by Crippen LogP contribution is 2.45. The number of hydrogen-bond donors (Lipinski definition) is 3. The van der Waals surface area contributed by atoms with Gasteiger partial charge in [-0.1, -0.05) is 61.5 Å². The topological polar surface area (TPSA) is 119 Å². The van der Waals surface area contributed by atoms with Gasteiger partial charge in [-0.25, -0.2) is 4.68 Å². The van der Waals surface area contributed by atoms with Gasteiger partial charge in [-0.2, -0.15) is 0 Å². The second kappa shape index (κ2) is 11.1. The summed E-state index contributed by atoms with van der Waals surface area (Å²) in [6.07, 6.45) is 5.26. The zero-order chi connectivity index (χ0) is 29.4. The maximum Gasteiger partial charge on any atom is 0.279 e. The molecule has 216 valence electrons. The Morgan fingerprint density at radius 1 is 1.07 bits per heavy atom. The van der Waals surface area contributed by atoms with E-state index in [0.29, 0.717) is 28.9 Å². The maximum absolute atomic E-state index is 13.8. The minimum atomic E-state index is -1.78. The number of amides is 2. The number of nitrogens with one attached hydrogen (secondary N) is 1. The first-order chi connectivity index (χ1) is 20.3. The summed E-state index contributed by atoms with van der Waals surface area (Å²) in [5, 5.41) is 25.1. The van der Waals surface area contributed by atoms with Crippen molar-refractivity contribution in [3.05, 3.63) is 106 Å². The molecule has 4 aromatic rings. The van der Waals surface area contributed by atoms with Crippen molar-refractivity contribution < 1.29 is 19.8 Å². The van der Waals surface area contributed by atoms with Gasteiger partial charge in [-0.3, -0.25) is 19.5 Å². The maximum atomic E-state index is 13.8. The number of carbonyl (C=O) groups is 2. The molecule has 2 aliphatic rings. The third kappa shape index (κ3) is 4.64. The number of nitrogens with zero attached hydrogens (tertiary/aromatic N) is 3. The SMILES string of the molecule is C[C@@H](/C=C/CC(=O)N1CCC[C@H]1CO)[C@]1(O)C(=O)N(Cc2ccc(-n3[nH]c4ccccc4c3=O)cc2)c2ccccc21. The second-order valence-corrected chi connectivity index (χ2v) is 11.1. The molecule has 3 N–H and O–H groups in total. The summed E-state index contributed by atoms with van der Waals surface area (Å²) in [4.78, 5) is 42.7. The van der Waals surface area contributed by atoms with Crippen LogP contribution in [0.1, 0.15) is 37.3 Å². The molecule has 0 bridgehead atoms. The predicted molar refractivity (Wildman–Crippen MR) is 160 cm³/mol. The van der Waals surface area contributed by atoms with E-state index in [1.807, 2.05) is 54.6 Å². The number of rotatable bonds is 8. The number of hydrogen-bond acceptors (Lipinski definition) is 5. The summed E-state index contributed by atoms with van der Waals surface area (Å²) in [5.41, 5.74) is 1.52. The van der Waals surface area contributed by atoms with Crippen molar-refractivity contribution in [3.63, 3.8) is 0 Å². The Balaban J connectivity index is 1.20. The van der Waals surface area contributed by atoms with E-state index in [-0.39, 0.29) is 37.1 Å². The Bertz CT molecular complexity index is 1720. The van der Waals surface area contributed by atoms with Gasteiger partial charge in [0, 0.05) is 24.4 Å². The smallest absolute Gasteiger partial charge is 0.279 e. The van der Waals surface area contributed by atoms with E-state index in [9.17, 15) is 24.6 Å². The van der Waals surface area contributed by atoms with E-state index in [2.05, 4.69) is 5.10 Å². The highest BCUT2D eigenvalue weighted by Gasteiger charge is 2.52. The standard InChI is InChI=1S/C33H34N4O5/c1-22(8-6-14-30(39)35-19-7-9-25(35)21-38)33(42)27-11-3-5-13-29(27)36(32(33)41)20-23-15-17-24(18-16-23)37-31(40)26-10-2-4-12-28(26)34-37/h2-6,8,10-13,15-18,22,25,34,38,42H,7,9,14,19-21H2,1H3/b8-6+/t22-,25-,33+/m0/s1. The van der Waals surface area contributed by atoms with E-state index >= 15 is 0 Å². The van der Waals surface area contributed by atoms with Gasteiger partial charge in [0.1, 0.15) is 0 Å². The van der Waals surface area contributed by atoms with Crippen molar-refractivity contribution in [2.24, 2.45) is 5.92 Å². The van der Waals surface area contributed by atoms with Gasteiger partial charge >= 0.3 is 0 Å². The fourth-order valence-electron chi connectivity index (χ4n) is 6.22. The molecule has 1 fully saturated rings. The molecule has 0 radical (unpaired) electrons. The van der Waals surface area contributed by atoms with E-state index in [1.165, 1.54) is 4.68 Å². The molecular formula is C33H34N4O5. The molecule has 0 saturated carbocycles. The number of aromatic nitrogens is 2. The van der Waals surface area contributed by atoms with Crippen molar-refractivity contribution in [2.45, 2.75) is 44.4 Å². The van der Waals surface area contributed by atoms with E-state index in [1.54, 1.807) is 47.1 Å². The molecule has 2 aliphatic heterocycles. The fraction of sp³-hybridized carbons (Fsp3) is 0.303. The first-order valence-electron chi connectivity index (χ1n) is 14.3. The zero-order valence-corrected chi connectivity index (χ0v) is 23.4. The summed E-state index contributed by atoms with van der Waals surface area (Å²) in [6.45, 7) is 2.61. The normalized spacial score (nSPS) is 21.0. The van der Waals surface area contributed by atoms with E-state index in [4.69, 9.17) is 0 Å².